The van der Waals surface area contributed by atoms with Crippen molar-refractivity contribution >= 4 is 23.7 Å². The van der Waals surface area contributed by atoms with Gasteiger partial charge in [0.1, 0.15) is 0 Å². The first-order valence-electron chi connectivity index (χ1n) is 7.77. The summed E-state index contributed by atoms with van der Waals surface area (Å²) >= 11 is 0. The summed E-state index contributed by atoms with van der Waals surface area (Å²) in [6.45, 7) is 6.32. The molecule has 0 radical (unpaired) electrons. The molecule has 0 spiro atoms. The fraction of sp³-hybridized carbons (Fsp3) is 0.211. The van der Waals surface area contributed by atoms with Crippen LogP contribution in [0.15, 0.2) is 59.2 Å². The SMILES string of the molecule is CC(/C=N\Nc1ccc([N+](=O)[O-])cc1)=C/c1ccc(C(C)C)cc1. The zero-order valence-electron chi connectivity index (χ0n) is 14.1. The van der Waals surface area contributed by atoms with Crippen LogP contribution in [-0.2, 0) is 0 Å². The maximum absolute atomic E-state index is 10.6. The average molecular weight is 323 g/mol. The first-order valence-corrected chi connectivity index (χ1v) is 7.77. The number of nitro groups is 1. The van der Waals surface area contributed by atoms with Crippen molar-refractivity contribution in [2.75, 3.05) is 5.43 Å². The van der Waals surface area contributed by atoms with E-state index >= 15 is 0 Å². The molecule has 0 aromatic heterocycles. The van der Waals surface area contributed by atoms with Crippen molar-refractivity contribution in [1.82, 2.24) is 0 Å². The molecule has 5 heteroatoms. The van der Waals surface area contributed by atoms with Crippen LogP contribution in [0.5, 0.6) is 0 Å². The molecule has 5 nitrogen and oxygen atoms in total. The second-order valence-electron chi connectivity index (χ2n) is 5.88. The van der Waals surface area contributed by atoms with E-state index in [-0.39, 0.29) is 5.69 Å². The van der Waals surface area contributed by atoms with E-state index in [0.29, 0.717) is 11.6 Å². The number of benzene rings is 2. The predicted molar refractivity (Wildman–Crippen MR) is 99.4 cm³/mol. The molecule has 0 aliphatic heterocycles. The minimum absolute atomic E-state index is 0.0606. The van der Waals surface area contributed by atoms with Crippen molar-refractivity contribution in [2.24, 2.45) is 5.10 Å². The van der Waals surface area contributed by atoms with Gasteiger partial charge < -0.3 is 0 Å². The Bertz CT molecular complexity index is 745. The van der Waals surface area contributed by atoms with Crippen molar-refractivity contribution in [3.8, 4) is 0 Å². The second kappa shape index (κ2) is 8.06. The lowest BCUT2D eigenvalue weighted by atomic mass is 10.0. The third-order valence-electron chi connectivity index (χ3n) is 3.54. The summed E-state index contributed by atoms with van der Waals surface area (Å²) in [5.74, 6) is 0.525. The Labute approximate surface area is 141 Å². The molecule has 0 fully saturated rings. The first kappa shape index (κ1) is 17.4. The van der Waals surface area contributed by atoms with Crippen molar-refractivity contribution < 1.29 is 4.92 Å². The van der Waals surface area contributed by atoms with Gasteiger partial charge in [-0.1, -0.05) is 44.2 Å². The van der Waals surface area contributed by atoms with E-state index in [1.807, 2.05) is 13.0 Å². The fourth-order valence-electron chi connectivity index (χ4n) is 2.14. The maximum atomic E-state index is 10.6. The molecule has 0 heterocycles. The molecule has 2 aromatic carbocycles. The van der Waals surface area contributed by atoms with Crippen LogP contribution in [0.25, 0.3) is 6.08 Å². The molecule has 0 aliphatic rings. The van der Waals surface area contributed by atoms with Gasteiger partial charge in [-0.3, -0.25) is 15.5 Å². The number of non-ortho nitro benzene ring substituents is 1. The van der Waals surface area contributed by atoms with Crippen LogP contribution >= 0.6 is 0 Å². The summed E-state index contributed by atoms with van der Waals surface area (Å²) in [6, 6.07) is 14.6. The Morgan fingerprint density at radius 2 is 1.75 bits per heavy atom. The Hall–Kier alpha value is -2.95. The highest BCUT2D eigenvalue weighted by Gasteiger charge is 2.02. The van der Waals surface area contributed by atoms with E-state index in [4.69, 9.17) is 0 Å². The number of anilines is 1. The summed E-state index contributed by atoms with van der Waals surface area (Å²) in [6.07, 6.45) is 3.77. The Morgan fingerprint density at radius 3 is 2.29 bits per heavy atom. The standard InChI is InChI=1S/C19H21N3O2/c1-14(2)17-6-4-16(5-7-17)12-15(3)13-20-21-18-8-10-19(11-9-18)22(23)24/h4-14,21H,1-3H3/b15-12-,20-13-. The van der Waals surface area contributed by atoms with Gasteiger partial charge in [0.15, 0.2) is 0 Å². The number of nitrogens with zero attached hydrogens (tertiary/aromatic N) is 2. The van der Waals surface area contributed by atoms with E-state index in [9.17, 15) is 10.1 Å². The third-order valence-corrected chi connectivity index (χ3v) is 3.54. The number of hydrogen-bond donors (Lipinski definition) is 1. The smallest absolute Gasteiger partial charge is 0.269 e. The molecule has 0 aliphatic carbocycles. The zero-order chi connectivity index (χ0) is 17.5. The van der Waals surface area contributed by atoms with Crippen LogP contribution in [0.1, 0.15) is 37.8 Å². The normalized spacial score (nSPS) is 11.9. The van der Waals surface area contributed by atoms with E-state index < -0.39 is 4.92 Å². The van der Waals surface area contributed by atoms with Crippen molar-refractivity contribution in [2.45, 2.75) is 26.7 Å². The summed E-state index contributed by atoms with van der Waals surface area (Å²) < 4.78 is 0. The Balaban J connectivity index is 1.96. The third kappa shape index (κ3) is 5.05. The van der Waals surface area contributed by atoms with Gasteiger partial charge in [0, 0.05) is 12.1 Å². The lowest BCUT2D eigenvalue weighted by molar-refractivity contribution is -0.384. The maximum Gasteiger partial charge on any atom is 0.269 e. The average Bonchev–Trinajstić information content (AvgIpc) is 2.55. The number of nitrogens with one attached hydrogen (secondary N) is 1. The molecule has 0 amide bonds. The molecule has 2 aromatic rings. The summed E-state index contributed by atoms with van der Waals surface area (Å²) in [7, 11) is 0. The number of allylic oxidation sites excluding steroid dienone is 1. The molecule has 0 bridgehead atoms. The summed E-state index contributed by atoms with van der Waals surface area (Å²) in [4.78, 5) is 10.2. The molecular formula is C19H21N3O2. The topological polar surface area (TPSA) is 67.5 Å². The minimum atomic E-state index is -0.426. The summed E-state index contributed by atoms with van der Waals surface area (Å²) in [5.41, 5.74) is 7.06. The van der Waals surface area contributed by atoms with E-state index in [2.05, 4.69) is 48.6 Å². The van der Waals surface area contributed by atoms with Gasteiger partial charge in [-0.05, 0) is 41.7 Å². The predicted octanol–water partition coefficient (Wildman–Crippen LogP) is 5.22. The highest BCUT2D eigenvalue weighted by atomic mass is 16.6. The molecule has 24 heavy (non-hydrogen) atoms. The zero-order valence-corrected chi connectivity index (χ0v) is 14.1. The molecule has 2 rings (SSSR count). The molecule has 124 valence electrons. The van der Waals surface area contributed by atoms with Crippen LogP contribution in [0.4, 0.5) is 11.4 Å². The molecule has 0 saturated carbocycles. The number of hydrogen-bond acceptors (Lipinski definition) is 4. The van der Waals surface area contributed by atoms with Gasteiger partial charge in [0.2, 0.25) is 0 Å². The quantitative estimate of drug-likeness (QED) is 0.450. The second-order valence-corrected chi connectivity index (χ2v) is 5.88. The number of hydrazone groups is 1. The van der Waals surface area contributed by atoms with Crippen molar-refractivity contribution in [3.63, 3.8) is 0 Å². The van der Waals surface area contributed by atoms with Crippen LogP contribution in [0, 0.1) is 10.1 Å². The van der Waals surface area contributed by atoms with Gasteiger partial charge in [-0.2, -0.15) is 5.10 Å². The van der Waals surface area contributed by atoms with Crippen LogP contribution in [0.2, 0.25) is 0 Å². The van der Waals surface area contributed by atoms with Crippen LogP contribution < -0.4 is 5.43 Å². The highest BCUT2D eigenvalue weighted by molar-refractivity contribution is 5.85. The molecule has 0 saturated heterocycles. The monoisotopic (exact) mass is 323 g/mol. The van der Waals surface area contributed by atoms with Crippen molar-refractivity contribution in [1.29, 1.82) is 0 Å². The van der Waals surface area contributed by atoms with Gasteiger partial charge in [0.05, 0.1) is 16.8 Å². The van der Waals surface area contributed by atoms with Gasteiger partial charge >= 0.3 is 0 Å². The molecule has 1 N–H and O–H groups in total. The van der Waals surface area contributed by atoms with Crippen molar-refractivity contribution in [3.05, 3.63) is 75.3 Å². The molecule has 0 atom stereocenters. The number of rotatable bonds is 6. The highest BCUT2D eigenvalue weighted by Crippen LogP contribution is 2.17. The molecule has 0 unspecified atom stereocenters. The minimum Gasteiger partial charge on any atom is -0.279 e. The summed E-state index contributed by atoms with van der Waals surface area (Å²) in [5, 5.41) is 14.7. The Morgan fingerprint density at radius 1 is 1.12 bits per heavy atom. The van der Waals surface area contributed by atoms with E-state index in [0.717, 1.165) is 11.1 Å². The molecular weight excluding hydrogens is 302 g/mol. The Kier molecular flexibility index (Phi) is 5.84. The largest absolute Gasteiger partial charge is 0.279 e. The van der Waals surface area contributed by atoms with E-state index in [1.165, 1.54) is 17.7 Å². The van der Waals surface area contributed by atoms with E-state index in [1.54, 1.807) is 18.3 Å². The number of nitro benzene ring substituents is 1. The lowest BCUT2D eigenvalue weighted by Gasteiger charge is -2.05. The van der Waals surface area contributed by atoms with Crippen LogP contribution in [0.3, 0.4) is 0 Å². The van der Waals surface area contributed by atoms with Gasteiger partial charge in [-0.15, -0.1) is 0 Å². The lowest BCUT2D eigenvalue weighted by Crippen LogP contribution is -1.92. The van der Waals surface area contributed by atoms with Gasteiger partial charge in [0.25, 0.3) is 5.69 Å². The van der Waals surface area contributed by atoms with Crippen LogP contribution in [-0.4, -0.2) is 11.1 Å². The van der Waals surface area contributed by atoms with Gasteiger partial charge in [-0.25, -0.2) is 0 Å². The fourth-order valence-corrected chi connectivity index (χ4v) is 2.14. The first-order chi connectivity index (χ1) is 11.5.